The second-order valence-electron chi connectivity index (χ2n) is 7.00. The lowest BCUT2D eigenvalue weighted by molar-refractivity contribution is 0.125. The predicted octanol–water partition coefficient (Wildman–Crippen LogP) is 4.12. The van der Waals surface area contributed by atoms with Crippen LogP contribution in [0.5, 0.6) is 5.75 Å². The van der Waals surface area contributed by atoms with Crippen molar-refractivity contribution < 1.29 is 4.74 Å². The van der Waals surface area contributed by atoms with Gasteiger partial charge in [0.05, 0.1) is 7.11 Å². The predicted molar refractivity (Wildman–Crippen MR) is 129 cm³/mol. The molecule has 1 aromatic carbocycles. The van der Waals surface area contributed by atoms with Crippen molar-refractivity contribution in [3.63, 3.8) is 0 Å². The Balaban J connectivity index is 0.00000280. The van der Waals surface area contributed by atoms with Crippen LogP contribution in [0.25, 0.3) is 0 Å². The van der Waals surface area contributed by atoms with Gasteiger partial charge in [0, 0.05) is 31.1 Å². The Labute approximate surface area is 189 Å². The summed E-state index contributed by atoms with van der Waals surface area (Å²) in [5, 5.41) is 9.12. The van der Waals surface area contributed by atoms with Crippen LogP contribution in [0.4, 0.5) is 0 Å². The fourth-order valence-corrected chi connectivity index (χ4v) is 4.78. The van der Waals surface area contributed by atoms with Crippen molar-refractivity contribution in [3.8, 4) is 5.75 Å². The van der Waals surface area contributed by atoms with Gasteiger partial charge in [0.25, 0.3) is 0 Å². The zero-order valence-electron chi connectivity index (χ0n) is 16.9. The minimum Gasteiger partial charge on any atom is -0.497 e. The maximum Gasteiger partial charge on any atom is 0.191 e. The van der Waals surface area contributed by atoms with Crippen molar-refractivity contribution in [1.29, 1.82) is 0 Å². The number of guanidine groups is 1. The molecule has 2 heterocycles. The van der Waals surface area contributed by atoms with Crippen LogP contribution in [0.3, 0.4) is 0 Å². The first-order chi connectivity index (χ1) is 13.2. The van der Waals surface area contributed by atoms with Gasteiger partial charge in [0.15, 0.2) is 5.96 Å². The molecule has 1 aliphatic rings. The van der Waals surface area contributed by atoms with Gasteiger partial charge in [-0.3, -0.25) is 9.89 Å². The molecule has 2 aromatic rings. The lowest BCUT2D eigenvalue weighted by Crippen LogP contribution is -2.44. The summed E-state index contributed by atoms with van der Waals surface area (Å²) >= 11 is 1.86. The average molecular weight is 514 g/mol. The van der Waals surface area contributed by atoms with E-state index in [4.69, 9.17) is 4.74 Å². The van der Waals surface area contributed by atoms with Gasteiger partial charge in [-0.2, -0.15) is 0 Å². The molecule has 0 amide bonds. The van der Waals surface area contributed by atoms with E-state index in [1.165, 1.54) is 29.8 Å². The molecule has 0 saturated carbocycles. The molecule has 0 aliphatic carbocycles. The van der Waals surface area contributed by atoms with Crippen LogP contribution in [-0.4, -0.2) is 45.2 Å². The summed E-state index contributed by atoms with van der Waals surface area (Å²) in [5.41, 5.74) is 1.17. The van der Waals surface area contributed by atoms with Crippen LogP contribution in [0, 0.1) is 5.92 Å². The molecule has 1 aromatic heterocycles. The third-order valence-corrected chi connectivity index (χ3v) is 6.13. The van der Waals surface area contributed by atoms with Gasteiger partial charge in [-0.1, -0.05) is 18.2 Å². The van der Waals surface area contributed by atoms with Gasteiger partial charge < -0.3 is 15.4 Å². The fraction of sp³-hybridized carbons (Fsp3) is 0.476. The molecule has 1 fully saturated rings. The lowest BCUT2D eigenvalue weighted by atomic mass is 9.88. The second kappa shape index (κ2) is 11.6. The largest absolute Gasteiger partial charge is 0.497 e. The number of piperidine rings is 1. The number of methoxy groups -OCH3 is 1. The Morgan fingerprint density at radius 1 is 1.29 bits per heavy atom. The number of hydrogen-bond acceptors (Lipinski definition) is 4. The van der Waals surface area contributed by atoms with Crippen LogP contribution in [0.15, 0.2) is 46.8 Å². The minimum atomic E-state index is 0. The molecule has 28 heavy (non-hydrogen) atoms. The molecule has 2 N–H and O–H groups in total. The third-order valence-electron chi connectivity index (χ3n) is 5.19. The van der Waals surface area contributed by atoms with Crippen molar-refractivity contribution in [3.05, 3.63) is 52.2 Å². The second-order valence-corrected chi connectivity index (χ2v) is 7.98. The number of nitrogens with zero attached hydrogens (tertiary/aromatic N) is 2. The van der Waals surface area contributed by atoms with Gasteiger partial charge in [-0.15, -0.1) is 35.3 Å². The molecular weight excluding hydrogens is 483 g/mol. The highest BCUT2D eigenvalue weighted by molar-refractivity contribution is 14.0. The standard InChI is InChI=1S/C21H30N4OS.HI/c1-22-21(23-14-16-7-4-9-18(13-16)26-3)24-15-17-8-5-11-25(2)20(17)19-10-6-12-27-19;/h4,6-7,9-10,12-13,17,20H,5,8,11,14-15H2,1-3H3,(H2,22,23,24);1H. The Morgan fingerprint density at radius 3 is 2.86 bits per heavy atom. The highest BCUT2D eigenvalue weighted by Crippen LogP contribution is 2.36. The van der Waals surface area contributed by atoms with E-state index in [0.29, 0.717) is 12.0 Å². The molecule has 0 radical (unpaired) electrons. The average Bonchev–Trinajstić information content (AvgIpc) is 3.22. The normalized spacial score (nSPS) is 20.3. The highest BCUT2D eigenvalue weighted by atomic mass is 127. The maximum atomic E-state index is 5.29. The highest BCUT2D eigenvalue weighted by Gasteiger charge is 2.31. The first-order valence-corrected chi connectivity index (χ1v) is 10.4. The number of halogens is 1. The molecule has 5 nitrogen and oxygen atoms in total. The number of hydrogen-bond donors (Lipinski definition) is 2. The Bertz CT molecular complexity index is 738. The van der Waals surface area contributed by atoms with E-state index in [2.05, 4.69) is 51.2 Å². The number of likely N-dealkylation sites (tertiary alicyclic amines) is 1. The van der Waals surface area contributed by atoms with E-state index in [9.17, 15) is 0 Å². The molecule has 1 aliphatic heterocycles. The third kappa shape index (κ3) is 6.09. The number of aliphatic imine (C=N–C) groups is 1. The van der Waals surface area contributed by atoms with E-state index in [1.807, 2.05) is 36.6 Å². The molecule has 2 atom stereocenters. The van der Waals surface area contributed by atoms with Crippen molar-refractivity contribution in [1.82, 2.24) is 15.5 Å². The maximum absolute atomic E-state index is 5.29. The van der Waals surface area contributed by atoms with E-state index in [1.54, 1.807) is 7.11 Å². The van der Waals surface area contributed by atoms with Crippen LogP contribution in [-0.2, 0) is 6.54 Å². The number of nitrogens with one attached hydrogen (secondary N) is 2. The van der Waals surface area contributed by atoms with Gasteiger partial charge in [0.1, 0.15) is 5.75 Å². The number of thiophene rings is 1. The summed E-state index contributed by atoms with van der Waals surface area (Å²) in [4.78, 5) is 8.34. The molecular formula is C21H31IN4OS. The summed E-state index contributed by atoms with van der Waals surface area (Å²) in [6.07, 6.45) is 2.49. The lowest BCUT2D eigenvalue weighted by Gasteiger charge is -2.39. The van der Waals surface area contributed by atoms with Gasteiger partial charge in [-0.05, 0) is 61.5 Å². The van der Waals surface area contributed by atoms with Crippen molar-refractivity contribution in [2.75, 3.05) is 34.3 Å². The smallest absolute Gasteiger partial charge is 0.191 e. The number of ether oxygens (including phenoxy) is 1. The van der Waals surface area contributed by atoms with Crippen molar-refractivity contribution >= 4 is 41.3 Å². The number of rotatable bonds is 6. The monoisotopic (exact) mass is 514 g/mol. The molecule has 1 saturated heterocycles. The van der Waals surface area contributed by atoms with Crippen molar-refractivity contribution in [2.45, 2.75) is 25.4 Å². The number of benzene rings is 1. The van der Waals surface area contributed by atoms with Crippen LogP contribution in [0.2, 0.25) is 0 Å². The first kappa shape index (κ1) is 23.0. The summed E-state index contributed by atoms with van der Waals surface area (Å²) in [7, 11) is 5.76. The first-order valence-electron chi connectivity index (χ1n) is 9.52. The van der Waals surface area contributed by atoms with Gasteiger partial charge in [0.2, 0.25) is 0 Å². The zero-order chi connectivity index (χ0) is 19.1. The van der Waals surface area contributed by atoms with E-state index < -0.39 is 0 Å². The Kier molecular flexibility index (Phi) is 9.53. The summed E-state index contributed by atoms with van der Waals surface area (Å²) in [5.74, 6) is 2.30. The molecule has 154 valence electrons. The minimum absolute atomic E-state index is 0. The summed E-state index contributed by atoms with van der Waals surface area (Å²) in [6.45, 7) is 2.81. The van der Waals surface area contributed by atoms with Crippen LogP contribution < -0.4 is 15.4 Å². The SMILES string of the molecule is CN=C(NCc1cccc(OC)c1)NCC1CCCN(C)C1c1cccs1.I. The quantitative estimate of drug-likeness (QED) is 0.346. The van der Waals surface area contributed by atoms with E-state index in [-0.39, 0.29) is 24.0 Å². The molecule has 0 spiro atoms. The van der Waals surface area contributed by atoms with E-state index >= 15 is 0 Å². The molecule has 7 heteroatoms. The topological polar surface area (TPSA) is 48.9 Å². The molecule has 2 unspecified atom stereocenters. The Hall–Kier alpha value is -1.32. The van der Waals surface area contributed by atoms with Gasteiger partial charge >= 0.3 is 0 Å². The fourth-order valence-electron chi connectivity index (χ4n) is 3.80. The van der Waals surface area contributed by atoms with Gasteiger partial charge in [-0.25, -0.2) is 0 Å². The van der Waals surface area contributed by atoms with Crippen molar-refractivity contribution in [2.24, 2.45) is 10.9 Å². The molecule has 0 bridgehead atoms. The zero-order valence-corrected chi connectivity index (χ0v) is 20.0. The van der Waals surface area contributed by atoms with Crippen LogP contribution in [0.1, 0.15) is 29.3 Å². The summed E-state index contributed by atoms with van der Waals surface area (Å²) in [6, 6.07) is 13.0. The Morgan fingerprint density at radius 2 is 2.14 bits per heavy atom. The summed E-state index contributed by atoms with van der Waals surface area (Å²) < 4.78 is 5.29. The van der Waals surface area contributed by atoms with E-state index in [0.717, 1.165) is 24.8 Å². The molecule has 3 rings (SSSR count). The van der Waals surface area contributed by atoms with Crippen LogP contribution >= 0.6 is 35.3 Å².